The number of alkyl halides is 3. The van der Waals surface area contributed by atoms with Crippen molar-refractivity contribution in [3.63, 3.8) is 0 Å². The lowest BCUT2D eigenvalue weighted by molar-refractivity contribution is -0.135. The average Bonchev–Trinajstić information content (AvgIpc) is 3.23. The normalized spacial score (nSPS) is 13.7. The minimum absolute atomic E-state index is 0.0214. The Balaban J connectivity index is 1.38. The lowest BCUT2D eigenvalue weighted by Crippen LogP contribution is -2.26. The molecule has 0 atom stereocenters. The molecular formula is C31H24F3N3O5. The Morgan fingerprint density at radius 2 is 1.64 bits per heavy atom. The number of amides is 1. The fourth-order valence-electron chi connectivity index (χ4n) is 4.68. The van der Waals surface area contributed by atoms with E-state index in [-0.39, 0.29) is 35.7 Å². The number of carbonyl (C=O) groups is 2. The summed E-state index contributed by atoms with van der Waals surface area (Å²) in [4.78, 5) is 25.9. The molecule has 42 heavy (non-hydrogen) atoms. The number of carboxylic acid groups (broad SMARTS) is 1. The van der Waals surface area contributed by atoms with Gasteiger partial charge in [0, 0.05) is 23.2 Å². The van der Waals surface area contributed by atoms with Crippen molar-refractivity contribution in [1.29, 1.82) is 0 Å². The molecule has 4 aromatic rings. The number of ether oxygens (including phenoxy) is 1. The van der Waals surface area contributed by atoms with E-state index in [4.69, 9.17) is 9.84 Å². The fourth-order valence-corrected chi connectivity index (χ4v) is 4.68. The van der Waals surface area contributed by atoms with Crippen LogP contribution in [0.4, 0.5) is 35.0 Å². The first-order chi connectivity index (χ1) is 20.1. The van der Waals surface area contributed by atoms with Crippen LogP contribution in [0.25, 0.3) is 11.1 Å². The molecule has 0 fully saturated rings. The fraction of sp³-hybridized carbons (Fsp3) is 0.129. The Hall–Kier alpha value is -5.32. The quantitative estimate of drug-likeness (QED) is 0.0869. The second-order valence-corrected chi connectivity index (χ2v) is 9.46. The Kier molecular flexibility index (Phi) is 7.83. The SMILES string of the molecule is O=C(O)Oc1cccc(-c2cccc(NN=C3C(=O)N(c4ccc(CCCC(F)(F)F)cc4)c4ccccc43)c2O)c1. The van der Waals surface area contributed by atoms with Crippen molar-refractivity contribution in [2.24, 2.45) is 5.10 Å². The Morgan fingerprint density at radius 3 is 2.38 bits per heavy atom. The van der Waals surface area contributed by atoms with Gasteiger partial charge in [0.15, 0.2) is 5.71 Å². The van der Waals surface area contributed by atoms with E-state index in [1.807, 2.05) is 0 Å². The maximum Gasteiger partial charge on any atom is 0.511 e. The van der Waals surface area contributed by atoms with Crippen molar-refractivity contribution in [3.05, 3.63) is 102 Å². The van der Waals surface area contributed by atoms with Crippen LogP contribution < -0.4 is 15.1 Å². The first-order valence-electron chi connectivity index (χ1n) is 12.9. The van der Waals surface area contributed by atoms with E-state index in [2.05, 4.69) is 10.5 Å². The summed E-state index contributed by atoms with van der Waals surface area (Å²) < 4.78 is 42.2. The van der Waals surface area contributed by atoms with Crippen molar-refractivity contribution < 1.29 is 37.7 Å². The number of carbonyl (C=O) groups excluding carboxylic acids is 1. The Labute approximate surface area is 238 Å². The molecule has 214 valence electrons. The number of aryl methyl sites for hydroxylation is 1. The van der Waals surface area contributed by atoms with Gasteiger partial charge in [-0.3, -0.25) is 15.1 Å². The summed E-state index contributed by atoms with van der Waals surface area (Å²) in [5.41, 5.74) is 6.36. The van der Waals surface area contributed by atoms with Gasteiger partial charge in [0.2, 0.25) is 0 Å². The molecular weight excluding hydrogens is 551 g/mol. The van der Waals surface area contributed by atoms with Gasteiger partial charge in [-0.1, -0.05) is 54.6 Å². The standard InChI is InChI=1S/C31H24F3N3O5/c32-31(33,34)17-5-6-19-13-15-21(16-14-19)37-26-12-2-1-9-24(26)27(29(37)39)36-35-25-11-4-10-23(28(25)38)20-7-3-8-22(18-20)42-30(40)41/h1-4,7-16,18,35,38H,5-6,17H2,(H,40,41). The van der Waals surface area contributed by atoms with Crippen molar-refractivity contribution in [1.82, 2.24) is 0 Å². The first kappa shape index (κ1) is 28.2. The molecule has 8 nitrogen and oxygen atoms in total. The van der Waals surface area contributed by atoms with Gasteiger partial charge in [0.1, 0.15) is 11.5 Å². The average molecular weight is 576 g/mol. The molecule has 3 N–H and O–H groups in total. The zero-order valence-electron chi connectivity index (χ0n) is 21.9. The molecule has 1 aliphatic heterocycles. The number of rotatable bonds is 8. The Morgan fingerprint density at radius 1 is 0.929 bits per heavy atom. The van der Waals surface area contributed by atoms with Gasteiger partial charge >= 0.3 is 12.3 Å². The van der Waals surface area contributed by atoms with Crippen LogP contribution >= 0.6 is 0 Å². The largest absolute Gasteiger partial charge is 0.511 e. The van der Waals surface area contributed by atoms with Crippen molar-refractivity contribution >= 4 is 34.8 Å². The summed E-state index contributed by atoms with van der Waals surface area (Å²) in [6.07, 6.45) is -6.28. The van der Waals surface area contributed by atoms with Crippen LogP contribution in [0, 0.1) is 0 Å². The van der Waals surface area contributed by atoms with Gasteiger partial charge in [0.05, 0.1) is 11.4 Å². The van der Waals surface area contributed by atoms with Gasteiger partial charge in [-0.15, -0.1) is 0 Å². The number of phenols is 1. The molecule has 0 spiro atoms. The number of benzene rings is 4. The van der Waals surface area contributed by atoms with Gasteiger partial charge in [-0.2, -0.15) is 18.3 Å². The molecule has 0 bridgehead atoms. The molecule has 5 rings (SSSR count). The van der Waals surface area contributed by atoms with Crippen LogP contribution in [0.15, 0.2) is 96.1 Å². The number of hydrogen-bond donors (Lipinski definition) is 3. The third-order valence-electron chi connectivity index (χ3n) is 6.60. The van der Waals surface area contributed by atoms with Crippen LogP contribution in [0.3, 0.4) is 0 Å². The number of hydrazone groups is 1. The van der Waals surface area contributed by atoms with E-state index in [0.717, 1.165) is 5.56 Å². The van der Waals surface area contributed by atoms with Gasteiger partial charge in [0.25, 0.3) is 5.91 Å². The monoisotopic (exact) mass is 575 g/mol. The maximum atomic E-state index is 13.6. The molecule has 4 aromatic carbocycles. The number of aromatic hydroxyl groups is 1. The molecule has 0 saturated heterocycles. The maximum absolute atomic E-state index is 13.6. The number of para-hydroxylation sites is 2. The summed E-state index contributed by atoms with van der Waals surface area (Å²) in [6, 6.07) is 24.9. The molecule has 0 aromatic heterocycles. The predicted molar refractivity (Wildman–Crippen MR) is 151 cm³/mol. The molecule has 1 amide bonds. The highest BCUT2D eigenvalue weighted by Crippen LogP contribution is 2.38. The highest BCUT2D eigenvalue weighted by Gasteiger charge is 2.35. The summed E-state index contributed by atoms with van der Waals surface area (Å²) >= 11 is 0. The van der Waals surface area contributed by atoms with E-state index in [0.29, 0.717) is 28.1 Å². The van der Waals surface area contributed by atoms with Crippen LogP contribution in [-0.2, 0) is 11.2 Å². The third-order valence-corrected chi connectivity index (χ3v) is 6.60. The van der Waals surface area contributed by atoms with Gasteiger partial charge in [-0.05, 0) is 60.4 Å². The second-order valence-electron chi connectivity index (χ2n) is 9.46. The van der Waals surface area contributed by atoms with Crippen LogP contribution in [0.2, 0.25) is 0 Å². The van der Waals surface area contributed by atoms with Gasteiger partial charge < -0.3 is 14.9 Å². The van der Waals surface area contributed by atoms with E-state index >= 15 is 0 Å². The summed E-state index contributed by atoms with van der Waals surface area (Å²) in [7, 11) is 0. The molecule has 1 aliphatic rings. The highest BCUT2D eigenvalue weighted by molar-refractivity contribution is 6.55. The molecule has 0 unspecified atom stereocenters. The number of halogens is 3. The van der Waals surface area contributed by atoms with Crippen LogP contribution in [0.5, 0.6) is 11.5 Å². The predicted octanol–water partition coefficient (Wildman–Crippen LogP) is 7.50. The molecule has 1 heterocycles. The minimum Gasteiger partial charge on any atom is -0.505 e. The molecule has 11 heteroatoms. The van der Waals surface area contributed by atoms with Crippen molar-refractivity contribution in [3.8, 4) is 22.6 Å². The Bertz CT molecular complexity index is 1670. The van der Waals surface area contributed by atoms with E-state index in [1.54, 1.807) is 78.9 Å². The highest BCUT2D eigenvalue weighted by atomic mass is 19.4. The topological polar surface area (TPSA) is 111 Å². The third kappa shape index (κ3) is 6.20. The zero-order valence-corrected chi connectivity index (χ0v) is 21.9. The van der Waals surface area contributed by atoms with Crippen molar-refractivity contribution in [2.45, 2.75) is 25.4 Å². The lowest BCUT2D eigenvalue weighted by Gasteiger charge is -2.17. The van der Waals surface area contributed by atoms with Crippen molar-refractivity contribution in [2.75, 3.05) is 10.3 Å². The number of hydrogen-bond acceptors (Lipinski definition) is 6. The number of fused-ring (bicyclic) bond motifs is 1. The molecule has 0 saturated carbocycles. The van der Waals surface area contributed by atoms with E-state index < -0.39 is 24.7 Å². The van der Waals surface area contributed by atoms with Crippen LogP contribution in [0.1, 0.15) is 24.0 Å². The lowest BCUT2D eigenvalue weighted by atomic mass is 10.0. The number of phenolic OH excluding ortho intramolecular Hbond substituents is 1. The smallest absolute Gasteiger partial charge is 0.505 e. The van der Waals surface area contributed by atoms with Gasteiger partial charge in [-0.25, -0.2) is 4.79 Å². The number of nitrogens with zero attached hydrogens (tertiary/aromatic N) is 2. The number of nitrogens with one attached hydrogen (secondary N) is 1. The summed E-state index contributed by atoms with van der Waals surface area (Å²) in [5.74, 6) is -0.519. The summed E-state index contributed by atoms with van der Waals surface area (Å²) in [6.45, 7) is 0. The first-order valence-corrected chi connectivity index (χ1v) is 12.9. The number of anilines is 3. The van der Waals surface area contributed by atoms with E-state index in [1.165, 1.54) is 17.0 Å². The minimum atomic E-state index is -4.20. The van der Waals surface area contributed by atoms with Crippen LogP contribution in [-0.4, -0.2) is 34.2 Å². The second kappa shape index (κ2) is 11.7. The molecule has 0 aliphatic carbocycles. The van der Waals surface area contributed by atoms with E-state index in [9.17, 15) is 27.9 Å². The zero-order chi connectivity index (χ0) is 29.9. The summed E-state index contributed by atoms with van der Waals surface area (Å²) in [5, 5.41) is 24.2. The molecule has 0 radical (unpaired) electrons.